The fourth-order valence-corrected chi connectivity index (χ4v) is 2.73. The van der Waals surface area contributed by atoms with Gasteiger partial charge in [0.1, 0.15) is 5.69 Å². The Labute approximate surface area is 158 Å². The number of nitrogens with one attached hydrogen (secondary N) is 1. The summed E-state index contributed by atoms with van der Waals surface area (Å²) in [5.74, 6) is -0.499. The molecule has 0 aliphatic heterocycles. The molecule has 1 N–H and O–H groups in total. The van der Waals surface area contributed by atoms with Crippen LogP contribution < -0.4 is 10.9 Å². The van der Waals surface area contributed by atoms with Gasteiger partial charge in [-0.3, -0.25) is 14.6 Å². The predicted octanol–water partition coefficient (Wildman–Crippen LogP) is 3.87. The molecule has 0 unspecified atom stereocenters. The fourth-order valence-electron chi connectivity index (χ4n) is 2.73. The van der Waals surface area contributed by atoms with E-state index in [2.05, 4.69) is 10.3 Å². The lowest BCUT2D eigenvalue weighted by Crippen LogP contribution is -2.26. The van der Waals surface area contributed by atoms with Crippen LogP contribution in [0.2, 0.25) is 0 Å². The van der Waals surface area contributed by atoms with E-state index in [4.69, 9.17) is 0 Å². The molecule has 2 heterocycles. The van der Waals surface area contributed by atoms with Gasteiger partial charge in [0, 0.05) is 18.6 Å². The van der Waals surface area contributed by atoms with Crippen LogP contribution in [0.4, 0.5) is 18.9 Å². The van der Waals surface area contributed by atoms with E-state index >= 15 is 0 Å². The molecule has 0 bridgehead atoms. The Morgan fingerprint density at radius 2 is 1.96 bits per heavy atom. The minimum atomic E-state index is -4.46. The standard InChI is InChI=1S/C20H16F3N3O2/c1-13-8-17(25-18(27)15-5-3-7-24-10-15)19(28)26(11-13)12-14-4-2-6-16(9-14)20(21,22)23/h2-11H,12H2,1H3,(H,25,27). The number of amides is 1. The Hall–Kier alpha value is -3.42. The van der Waals surface area contributed by atoms with Crippen LogP contribution in [0.3, 0.4) is 0 Å². The van der Waals surface area contributed by atoms with Gasteiger partial charge in [0.15, 0.2) is 0 Å². The zero-order valence-corrected chi connectivity index (χ0v) is 14.8. The van der Waals surface area contributed by atoms with Crippen LogP contribution in [0.1, 0.15) is 27.0 Å². The highest BCUT2D eigenvalue weighted by Gasteiger charge is 2.30. The Morgan fingerprint density at radius 1 is 1.18 bits per heavy atom. The zero-order valence-electron chi connectivity index (χ0n) is 14.8. The minimum absolute atomic E-state index is 0.0424. The van der Waals surface area contributed by atoms with Crippen molar-refractivity contribution in [3.05, 3.63) is 93.7 Å². The first-order chi connectivity index (χ1) is 13.2. The number of aryl methyl sites for hydroxylation is 1. The highest BCUT2D eigenvalue weighted by atomic mass is 19.4. The van der Waals surface area contributed by atoms with Crippen molar-refractivity contribution >= 4 is 11.6 Å². The van der Waals surface area contributed by atoms with Gasteiger partial charge >= 0.3 is 6.18 Å². The lowest BCUT2D eigenvalue weighted by Gasteiger charge is -2.13. The fraction of sp³-hybridized carbons (Fsp3) is 0.150. The second-order valence-corrected chi connectivity index (χ2v) is 6.26. The Bertz CT molecular complexity index is 1060. The van der Waals surface area contributed by atoms with E-state index in [0.717, 1.165) is 12.1 Å². The van der Waals surface area contributed by atoms with Crippen LogP contribution in [0, 0.1) is 6.92 Å². The second-order valence-electron chi connectivity index (χ2n) is 6.26. The molecule has 144 valence electrons. The number of hydrogen-bond acceptors (Lipinski definition) is 3. The van der Waals surface area contributed by atoms with Gasteiger partial charge in [-0.15, -0.1) is 0 Å². The number of rotatable bonds is 4. The van der Waals surface area contributed by atoms with Crippen molar-refractivity contribution in [2.45, 2.75) is 19.6 Å². The van der Waals surface area contributed by atoms with Gasteiger partial charge in [-0.1, -0.05) is 12.1 Å². The van der Waals surface area contributed by atoms with Crippen molar-refractivity contribution in [2.75, 3.05) is 5.32 Å². The minimum Gasteiger partial charge on any atom is -0.317 e. The van der Waals surface area contributed by atoms with Gasteiger partial charge in [-0.25, -0.2) is 0 Å². The number of benzene rings is 1. The molecule has 0 saturated carbocycles. The number of halogens is 3. The summed E-state index contributed by atoms with van der Waals surface area (Å²) in [4.78, 5) is 28.8. The van der Waals surface area contributed by atoms with Gasteiger partial charge in [-0.2, -0.15) is 13.2 Å². The van der Waals surface area contributed by atoms with E-state index in [9.17, 15) is 22.8 Å². The average Bonchev–Trinajstić information content (AvgIpc) is 2.65. The first-order valence-corrected chi connectivity index (χ1v) is 8.32. The maximum Gasteiger partial charge on any atom is 0.416 e. The number of alkyl halides is 3. The first kappa shape index (κ1) is 19.3. The molecule has 0 aliphatic carbocycles. The lowest BCUT2D eigenvalue weighted by atomic mass is 10.1. The van der Waals surface area contributed by atoms with E-state index in [1.54, 1.807) is 19.1 Å². The van der Waals surface area contributed by atoms with Crippen molar-refractivity contribution in [1.29, 1.82) is 0 Å². The van der Waals surface area contributed by atoms with Gasteiger partial charge in [0.25, 0.3) is 11.5 Å². The van der Waals surface area contributed by atoms with Crippen LogP contribution in [-0.4, -0.2) is 15.5 Å². The number of aromatic nitrogens is 2. The molecule has 2 aromatic heterocycles. The molecule has 0 spiro atoms. The molecule has 1 aromatic carbocycles. The normalized spacial score (nSPS) is 11.3. The molecule has 0 radical (unpaired) electrons. The third-order valence-corrected chi connectivity index (χ3v) is 4.00. The summed E-state index contributed by atoms with van der Waals surface area (Å²) in [7, 11) is 0. The van der Waals surface area contributed by atoms with E-state index in [1.807, 2.05) is 0 Å². The molecule has 8 heteroatoms. The van der Waals surface area contributed by atoms with Crippen LogP contribution >= 0.6 is 0 Å². The van der Waals surface area contributed by atoms with Gasteiger partial charge in [-0.05, 0) is 48.4 Å². The molecule has 0 fully saturated rings. The zero-order chi connectivity index (χ0) is 20.3. The maximum absolute atomic E-state index is 12.9. The lowest BCUT2D eigenvalue weighted by molar-refractivity contribution is -0.137. The third kappa shape index (κ3) is 4.46. The molecular weight excluding hydrogens is 371 g/mol. The smallest absolute Gasteiger partial charge is 0.317 e. The van der Waals surface area contributed by atoms with E-state index in [-0.39, 0.29) is 17.8 Å². The first-order valence-electron chi connectivity index (χ1n) is 8.32. The number of carbonyl (C=O) groups is 1. The summed E-state index contributed by atoms with van der Waals surface area (Å²) in [6.07, 6.45) is -0.0451. The van der Waals surface area contributed by atoms with Crippen molar-refractivity contribution in [3.8, 4) is 0 Å². The molecule has 0 aliphatic rings. The molecular formula is C20H16F3N3O2. The van der Waals surface area contributed by atoms with Gasteiger partial charge in [0.2, 0.25) is 0 Å². The number of hydrogen-bond donors (Lipinski definition) is 1. The van der Waals surface area contributed by atoms with Crippen molar-refractivity contribution in [2.24, 2.45) is 0 Å². The van der Waals surface area contributed by atoms with E-state index in [1.165, 1.54) is 41.4 Å². The van der Waals surface area contributed by atoms with Crippen LogP contribution in [0.15, 0.2) is 65.8 Å². The predicted molar refractivity (Wildman–Crippen MR) is 98.2 cm³/mol. The van der Waals surface area contributed by atoms with Crippen molar-refractivity contribution < 1.29 is 18.0 Å². The summed E-state index contributed by atoms with van der Waals surface area (Å²) < 4.78 is 40.0. The topological polar surface area (TPSA) is 64.0 Å². The molecule has 1 amide bonds. The molecule has 0 atom stereocenters. The quantitative estimate of drug-likeness (QED) is 0.739. The largest absolute Gasteiger partial charge is 0.416 e. The SMILES string of the molecule is Cc1cc(NC(=O)c2cccnc2)c(=O)n(Cc2cccc(C(F)(F)F)c2)c1. The molecule has 5 nitrogen and oxygen atoms in total. The summed E-state index contributed by atoms with van der Waals surface area (Å²) in [5, 5.41) is 2.54. The van der Waals surface area contributed by atoms with Crippen LogP contribution in [0.25, 0.3) is 0 Å². The van der Waals surface area contributed by atoms with Crippen molar-refractivity contribution in [3.63, 3.8) is 0 Å². The summed E-state index contributed by atoms with van der Waals surface area (Å²) in [5.41, 5.74) is 0.0323. The number of carbonyl (C=O) groups excluding carboxylic acids is 1. The number of anilines is 1. The third-order valence-electron chi connectivity index (χ3n) is 4.00. The molecule has 3 aromatic rings. The Kier molecular flexibility index (Phi) is 5.30. The highest BCUT2D eigenvalue weighted by molar-refractivity contribution is 6.03. The average molecular weight is 387 g/mol. The van der Waals surface area contributed by atoms with Crippen LogP contribution in [0.5, 0.6) is 0 Å². The van der Waals surface area contributed by atoms with Gasteiger partial charge < -0.3 is 9.88 Å². The number of nitrogens with zero attached hydrogens (tertiary/aromatic N) is 2. The highest BCUT2D eigenvalue weighted by Crippen LogP contribution is 2.29. The van der Waals surface area contributed by atoms with Gasteiger partial charge in [0.05, 0.1) is 17.7 Å². The summed E-state index contributed by atoms with van der Waals surface area (Å²) in [6.45, 7) is 1.67. The molecule has 28 heavy (non-hydrogen) atoms. The monoisotopic (exact) mass is 387 g/mol. The second kappa shape index (κ2) is 7.67. The van der Waals surface area contributed by atoms with E-state index in [0.29, 0.717) is 11.1 Å². The summed E-state index contributed by atoms with van der Waals surface area (Å²) in [6, 6.07) is 9.45. The van der Waals surface area contributed by atoms with E-state index < -0.39 is 23.2 Å². The number of pyridine rings is 2. The molecule has 3 rings (SSSR count). The van der Waals surface area contributed by atoms with Crippen LogP contribution in [-0.2, 0) is 12.7 Å². The van der Waals surface area contributed by atoms with Crippen molar-refractivity contribution in [1.82, 2.24) is 9.55 Å². The Balaban J connectivity index is 1.90. The molecule has 0 saturated heterocycles. The summed E-state index contributed by atoms with van der Waals surface area (Å²) >= 11 is 0. The Morgan fingerprint density at radius 3 is 2.64 bits per heavy atom. The maximum atomic E-state index is 12.9.